The van der Waals surface area contributed by atoms with E-state index in [4.69, 9.17) is 9.57 Å². The molecule has 0 unspecified atom stereocenters. The molecule has 27 heavy (non-hydrogen) atoms. The van der Waals surface area contributed by atoms with Crippen molar-refractivity contribution in [2.75, 3.05) is 26.3 Å². The Labute approximate surface area is 157 Å². The number of carbonyl (C=O) groups excluding carboxylic acids is 2. The molecule has 2 amide bonds. The van der Waals surface area contributed by atoms with Crippen LogP contribution >= 0.6 is 0 Å². The third kappa shape index (κ3) is 3.78. The molecular weight excluding hydrogens is 350 g/mol. The molecule has 3 aliphatic heterocycles. The van der Waals surface area contributed by atoms with Gasteiger partial charge in [-0.05, 0) is 13.3 Å². The van der Waals surface area contributed by atoms with Crippen molar-refractivity contribution in [1.29, 1.82) is 0 Å². The van der Waals surface area contributed by atoms with Crippen LogP contribution in [0.5, 0.6) is 0 Å². The Hall–Kier alpha value is -2.55. The first kappa shape index (κ1) is 17.8. The first-order chi connectivity index (χ1) is 13.0. The van der Waals surface area contributed by atoms with Crippen molar-refractivity contribution in [2.24, 2.45) is 11.1 Å². The lowest BCUT2D eigenvalue weighted by Crippen LogP contribution is -2.40. The minimum atomic E-state index is -0.578. The van der Waals surface area contributed by atoms with Gasteiger partial charge in [-0.3, -0.25) is 19.6 Å². The standard InChI is InChI=1S/C18H23N5O4/c1-12-7-20-14(8-19-12)9-21-16(24)15-6-18(27-22-15)3-4-23(11-18)17(25)13-2-5-26-10-13/h7-8,13H,2-6,9-11H2,1H3,(H,21,24)/t13-,18+/m0/s1. The maximum atomic E-state index is 12.5. The molecule has 1 aromatic rings. The van der Waals surface area contributed by atoms with E-state index in [1.165, 1.54) is 0 Å². The van der Waals surface area contributed by atoms with Gasteiger partial charge in [-0.2, -0.15) is 0 Å². The van der Waals surface area contributed by atoms with Crippen molar-refractivity contribution in [3.05, 3.63) is 23.8 Å². The molecule has 1 spiro atoms. The van der Waals surface area contributed by atoms with Crippen molar-refractivity contribution in [1.82, 2.24) is 20.2 Å². The van der Waals surface area contributed by atoms with E-state index in [9.17, 15) is 9.59 Å². The summed E-state index contributed by atoms with van der Waals surface area (Å²) >= 11 is 0. The number of amides is 2. The summed E-state index contributed by atoms with van der Waals surface area (Å²) in [4.78, 5) is 40.7. The Morgan fingerprint density at radius 1 is 1.37 bits per heavy atom. The second kappa shape index (κ2) is 7.22. The molecule has 0 saturated carbocycles. The van der Waals surface area contributed by atoms with Crippen molar-refractivity contribution >= 4 is 17.5 Å². The molecule has 2 fully saturated rings. The zero-order valence-electron chi connectivity index (χ0n) is 15.3. The van der Waals surface area contributed by atoms with Gasteiger partial charge in [0.15, 0.2) is 5.60 Å². The average Bonchev–Trinajstić information content (AvgIpc) is 3.43. The number of ether oxygens (including phenoxy) is 1. The van der Waals surface area contributed by atoms with Crippen molar-refractivity contribution in [2.45, 2.75) is 38.3 Å². The van der Waals surface area contributed by atoms with E-state index in [2.05, 4.69) is 20.4 Å². The van der Waals surface area contributed by atoms with Crippen LogP contribution in [-0.2, 0) is 25.7 Å². The number of hydrogen-bond donors (Lipinski definition) is 1. The molecule has 0 bridgehead atoms. The number of aromatic nitrogens is 2. The van der Waals surface area contributed by atoms with Crippen molar-refractivity contribution in [3.63, 3.8) is 0 Å². The van der Waals surface area contributed by atoms with Gasteiger partial charge in [0.05, 0.1) is 43.2 Å². The summed E-state index contributed by atoms with van der Waals surface area (Å²) in [5, 5.41) is 6.79. The van der Waals surface area contributed by atoms with Gasteiger partial charge in [0.1, 0.15) is 5.71 Å². The lowest BCUT2D eigenvalue weighted by molar-refractivity contribution is -0.135. The Bertz CT molecular complexity index is 760. The van der Waals surface area contributed by atoms with Gasteiger partial charge in [-0.15, -0.1) is 0 Å². The average molecular weight is 373 g/mol. The molecule has 2 saturated heterocycles. The van der Waals surface area contributed by atoms with E-state index in [0.29, 0.717) is 50.6 Å². The van der Waals surface area contributed by atoms with Crippen LogP contribution in [0.4, 0.5) is 0 Å². The number of rotatable bonds is 4. The summed E-state index contributed by atoms with van der Waals surface area (Å²) in [7, 11) is 0. The maximum Gasteiger partial charge on any atom is 0.269 e. The molecule has 4 heterocycles. The molecule has 1 aromatic heterocycles. The molecule has 2 atom stereocenters. The molecule has 9 heteroatoms. The van der Waals surface area contributed by atoms with E-state index in [0.717, 1.165) is 12.1 Å². The van der Waals surface area contributed by atoms with Gasteiger partial charge >= 0.3 is 0 Å². The SMILES string of the molecule is Cc1cnc(CNC(=O)C2=NO[C@]3(CCN(C(=O)[C@H]4CCOC4)C3)C2)cn1. The third-order valence-electron chi connectivity index (χ3n) is 5.27. The third-order valence-corrected chi connectivity index (χ3v) is 5.27. The highest BCUT2D eigenvalue weighted by molar-refractivity contribution is 6.39. The van der Waals surface area contributed by atoms with Gasteiger partial charge in [-0.1, -0.05) is 5.16 Å². The Morgan fingerprint density at radius 3 is 3.00 bits per heavy atom. The molecule has 4 rings (SSSR count). The van der Waals surface area contributed by atoms with E-state index >= 15 is 0 Å². The fourth-order valence-electron chi connectivity index (χ4n) is 3.67. The summed E-state index contributed by atoms with van der Waals surface area (Å²) in [6, 6.07) is 0. The fraction of sp³-hybridized carbons (Fsp3) is 0.611. The highest BCUT2D eigenvalue weighted by atomic mass is 16.7. The van der Waals surface area contributed by atoms with E-state index in [1.807, 2.05) is 11.8 Å². The molecule has 0 aliphatic carbocycles. The van der Waals surface area contributed by atoms with Gasteiger partial charge in [0, 0.05) is 32.2 Å². The lowest BCUT2D eigenvalue weighted by atomic mass is 9.96. The van der Waals surface area contributed by atoms with E-state index < -0.39 is 5.60 Å². The molecule has 9 nitrogen and oxygen atoms in total. The molecule has 144 valence electrons. The van der Waals surface area contributed by atoms with Gasteiger partial charge in [-0.25, -0.2) is 0 Å². The predicted molar refractivity (Wildman–Crippen MR) is 94.6 cm³/mol. The summed E-state index contributed by atoms with van der Waals surface area (Å²) < 4.78 is 5.31. The van der Waals surface area contributed by atoms with Gasteiger partial charge < -0.3 is 19.8 Å². The van der Waals surface area contributed by atoms with Crippen molar-refractivity contribution in [3.8, 4) is 0 Å². The van der Waals surface area contributed by atoms with Gasteiger partial charge in [0.2, 0.25) is 5.91 Å². The Morgan fingerprint density at radius 2 is 2.26 bits per heavy atom. The number of carbonyl (C=O) groups is 2. The van der Waals surface area contributed by atoms with Crippen LogP contribution in [0.15, 0.2) is 17.5 Å². The minimum Gasteiger partial charge on any atom is -0.386 e. The van der Waals surface area contributed by atoms with Crippen LogP contribution in [0.25, 0.3) is 0 Å². The number of nitrogens with one attached hydrogen (secondary N) is 1. The number of aryl methyl sites for hydroxylation is 1. The molecular formula is C18H23N5O4. The number of hydrogen-bond acceptors (Lipinski definition) is 7. The number of nitrogens with zero attached hydrogens (tertiary/aromatic N) is 4. The first-order valence-electron chi connectivity index (χ1n) is 9.22. The smallest absolute Gasteiger partial charge is 0.269 e. The van der Waals surface area contributed by atoms with E-state index in [-0.39, 0.29) is 24.3 Å². The number of likely N-dealkylation sites (tertiary alicyclic amines) is 1. The monoisotopic (exact) mass is 373 g/mol. The van der Waals surface area contributed by atoms with Crippen LogP contribution in [-0.4, -0.2) is 64.3 Å². The van der Waals surface area contributed by atoms with Crippen LogP contribution < -0.4 is 5.32 Å². The topological polar surface area (TPSA) is 106 Å². The molecule has 0 aromatic carbocycles. The predicted octanol–water partition coefficient (Wildman–Crippen LogP) is 0.185. The van der Waals surface area contributed by atoms with Crippen LogP contribution in [0, 0.1) is 12.8 Å². The largest absolute Gasteiger partial charge is 0.386 e. The van der Waals surface area contributed by atoms with Gasteiger partial charge in [0.25, 0.3) is 5.91 Å². The summed E-state index contributed by atoms with van der Waals surface area (Å²) in [5.41, 5.74) is 1.28. The summed E-state index contributed by atoms with van der Waals surface area (Å²) in [6.07, 6.45) is 5.15. The Balaban J connectivity index is 1.29. The highest BCUT2D eigenvalue weighted by Crippen LogP contribution is 2.35. The quantitative estimate of drug-likeness (QED) is 0.807. The first-order valence-corrected chi connectivity index (χ1v) is 9.22. The highest BCUT2D eigenvalue weighted by Gasteiger charge is 2.48. The summed E-state index contributed by atoms with van der Waals surface area (Å²) in [5.74, 6) is -0.215. The second-order valence-electron chi connectivity index (χ2n) is 7.39. The molecule has 0 radical (unpaired) electrons. The summed E-state index contributed by atoms with van der Waals surface area (Å²) in [6.45, 7) is 4.36. The molecule has 3 aliphatic rings. The normalized spacial score (nSPS) is 26.9. The fourth-order valence-corrected chi connectivity index (χ4v) is 3.67. The van der Waals surface area contributed by atoms with Crippen molar-refractivity contribution < 1.29 is 19.2 Å². The zero-order valence-corrected chi connectivity index (χ0v) is 15.3. The van der Waals surface area contributed by atoms with E-state index in [1.54, 1.807) is 12.4 Å². The Kier molecular flexibility index (Phi) is 4.77. The zero-order chi connectivity index (χ0) is 18.9. The van der Waals surface area contributed by atoms with Crippen LogP contribution in [0.2, 0.25) is 0 Å². The van der Waals surface area contributed by atoms with Crippen LogP contribution in [0.1, 0.15) is 30.7 Å². The van der Waals surface area contributed by atoms with Crippen LogP contribution in [0.3, 0.4) is 0 Å². The molecule has 1 N–H and O–H groups in total. The lowest BCUT2D eigenvalue weighted by Gasteiger charge is -2.23. The maximum absolute atomic E-state index is 12.5. The number of oxime groups is 1. The second-order valence-corrected chi connectivity index (χ2v) is 7.39. The minimum absolute atomic E-state index is 0.0548.